The SMILES string of the molecule is COc1cc(OC)c(=Cc2c(O)[nH]c(=S)[nH]c2=O)c2c1C(c1ccc(Cl)cc1)=CN=2. The van der Waals surface area contributed by atoms with Crippen LogP contribution in [0, 0.1) is 4.77 Å². The minimum Gasteiger partial charge on any atom is -0.496 e. The van der Waals surface area contributed by atoms with E-state index >= 15 is 0 Å². The van der Waals surface area contributed by atoms with Crippen LogP contribution in [0.25, 0.3) is 11.6 Å². The molecule has 1 aliphatic heterocycles. The number of fused-ring (bicyclic) bond motifs is 1. The molecule has 0 unspecified atom stereocenters. The van der Waals surface area contributed by atoms with E-state index in [0.717, 1.165) is 16.7 Å². The van der Waals surface area contributed by atoms with Gasteiger partial charge in [-0.3, -0.25) is 14.8 Å². The van der Waals surface area contributed by atoms with E-state index in [4.69, 9.17) is 33.3 Å². The third-order valence-corrected chi connectivity index (χ3v) is 5.16. The molecule has 2 aromatic carbocycles. The monoisotopic (exact) mass is 441 g/mol. The first-order valence-electron chi connectivity index (χ1n) is 8.79. The molecule has 0 saturated carbocycles. The number of rotatable bonds is 4. The standard InChI is InChI=1S/C21H16ClN3O4S/c1-28-15-8-16(29-2)17-14(10-3-5-11(22)6-4-10)9-23-18(17)12(15)7-13-19(26)24-21(30)25-20(13)27/h3-9H,1-2H3,(H3,24,25,26,27,30). The Bertz CT molecular complexity index is 1420. The van der Waals surface area contributed by atoms with Gasteiger partial charge in [-0.05, 0) is 36.0 Å². The number of nitrogens with zero attached hydrogens (tertiary/aromatic N) is 1. The first-order chi connectivity index (χ1) is 14.4. The highest BCUT2D eigenvalue weighted by atomic mass is 35.5. The van der Waals surface area contributed by atoms with E-state index in [1.54, 1.807) is 31.5 Å². The fourth-order valence-corrected chi connectivity index (χ4v) is 3.62. The van der Waals surface area contributed by atoms with Crippen molar-refractivity contribution in [2.24, 2.45) is 4.99 Å². The van der Waals surface area contributed by atoms with Gasteiger partial charge in [0.2, 0.25) is 5.88 Å². The van der Waals surface area contributed by atoms with Crippen LogP contribution in [0.1, 0.15) is 16.7 Å². The summed E-state index contributed by atoms with van der Waals surface area (Å²) in [5.41, 5.74) is 1.95. The second-order valence-electron chi connectivity index (χ2n) is 6.41. The zero-order valence-electron chi connectivity index (χ0n) is 15.9. The summed E-state index contributed by atoms with van der Waals surface area (Å²) in [4.78, 5) is 21.9. The van der Waals surface area contributed by atoms with E-state index in [9.17, 15) is 9.90 Å². The Balaban J connectivity index is 2.03. The van der Waals surface area contributed by atoms with Crippen LogP contribution >= 0.6 is 23.8 Å². The molecule has 0 spiro atoms. The van der Waals surface area contributed by atoms with E-state index in [1.165, 1.54) is 13.2 Å². The molecule has 1 aliphatic rings. The van der Waals surface area contributed by atoms with E-state index in [-0.39, 0.29) is 16.2 Å². The van der Waals surface area contributed by atoms with Crippen molar-refractivity contribution in [3.8, 4) is 17.4 Å². The van der Waals surface area contributed by atoms with Gasteiger partial charge in [-0.15, -0.1) is 0 Å². The quantitative estimate of drug-likeness (QED) is 0.540. The average molecular weight is 442 g/mol. The predicted octanol–water partition coefficient (Wildman–Crippen LogP) is 2.66. The van der Waals surface area contributed by atoms with Crippen molar-refractivity contribution in [1.82, 2.24) is 9.97 Å². The molecule has 7 nitrogen and oxygen atoms in total. The van der Waals surface area contributed by atoms with Crippen molar-refractivity contribution in [2.45, 2.75) is 0 Å². The number of hydrogen-bond donors (Lipinski definition) is 3. The topological polar surface area (TPSA) is 99.7 Å². The van der Waals surface area contributed by atoms with Crippen LogP contribution in [-0.2, 0) is 0 Å². The molecule has 0 amide bonds. The number of hydrogen-bond acceptors (Lipinski definition) is 6. The summed E-state index contributed by atoms with van der Waals surface area (Å²) >= 11 is 10.9. The second-order valence-corrected chi connectivity index (χ2v) is 7.26. The molecule has 2 heterocycles. The average Bonchev–Trinajstić information content (AvgIpc) is 3.16. The maximum absolute atomic E-state index is 12.4. The molecule has 30 heavy (non-hydrogen) atoms. The first kappa shape index (κ1) is 19.9. The van der Waals surface area contributed by atoms with Gasteiger partial charge in [0.15, 0.2) is 4.77 Å². The number of aromatic amines is 2. The molecule has 1 aromatic heterocycles. The number of ether oxygens (including phenoxy) is 2. The third kappa shape index (κ3) is 3.40. The minimum absolute atomic E-state index is 0.00408. The number of benzene rings is 2. The molecule has 0 bridgehead atoms. The highest BCUT2D eigenvalue weighted by Gasteiger charge is 2.21. The van der Waals surface area contributed by atoms with Crippen molar-refractivity contribution in [2.75, 3.05) is 14.2 Å². The summed E-state index contributed by atoms with van der Waals surface area (Å²) in [5.74, 6) is 0.646. The van der Waals surface area contributed by atoms with Crippen LogP contribution in [0.3, 0.4) is 0 Å². The number of H-pyrrole nitrogens is 2. The third-order valence-electron chi connectivity index (χ3n) is 4.70. The summed E-state index contributed by atoms with van der Waals surface area (Å²) in [6, 6.07) is 9.08. The lowest BCUT2D eigenvalue weighted by Crippen LogP contribution is -2.30. The number of halogens is 1. The highest BCUT2D eigenvalue weighted by Crippen LogP contribution is 2.32. The molecule has 0 radical (unpaired) electrons. The lowest BCUT2D eigenvalue weighted by molar-refractivity contribution is 0.390. The Morgan fingerprint density at radius 3 is 2.47 bits per heavy atom. The van der Waals surface area contributed by atoms with Crippen molar-refractivity contribution < 1.29 is 14.6 Å². The number of nitrogens with one attached hydrogen (secondary N) is 2. The normalized spacial score (nSPS) is 12.9. The number of methoxy groups -OCH3 is 2. The summed E-state index contributed by atoms with van der Waals surface area (Å²) in [6.45, 7) is 0. The van der Waals surface area contributed by atoms with Crippen molar-refractivity contribution in [3.05, 3.63) is 83.9 Å². The Hall–Kier alpha value is -3.36. The molecule has 0 aliphatic carbocycles. The van der Waals surface area contributed by atoms with Gasteiger partial charge in [0, 0.05) is 28.1 Å². The highest BCUT2D eigenvalue weighted by molar-refractivity contribution is 7.71. The molecule has 4 rings (SSSR count). The molecule has 0 saturated heterocycles. The summed E-state index contributed by atoms with van der Waals surface area (Å²) in [6.07, 6.45) is 3.22. The van der Waals surface area contributed by atoms with Gasteiger partial charge in [0.25, 0.3) is 5.56 Å². The lowest BCUT2D eigenvalue weighted by atomic mass is 9.97. The van der Waals surface area contributed by atoms with Crippen LogP contribution in [0.15, 0.2) is 46.3 Å². The van der Waals surface area contributed by atoms with Crippen LogP contribution < -0.4 is 25.6 Å². The summed E-state index contributed by atoms with van der Waals surface area (Å²) in [5, 5.41) is 11.9. The molecular formula is C21H16ClN3O4S. The minimum atomic E-state index is -0.535. The molecule has 3 aromatic rings. The van der Waals surface area contributed by atoms with E-state index in [0.29, 0.717) is 27.1 Å². The molecule has 152 valence electrons. The van der Waals surface area contributed by atoms with E-state index in [1.807, 2.05) is 12.1 Å². The zero-order chi connectivity index (χ0) is 21.4. The molecule has 0 atom stereocenters. The predicted molar refractivity (Wildman–Crippen MR) is 116 cm³/mol. The summed E-state index contributed by atoms with van der Waals surface area (Å²) < 4.78 is 11.1. The van der Waals surface area contributed by atoms with Gasteiger partial charge in [0.1, 0.15) is 17.1 Å². The Morgan fingerprint density at radius 2 is 1.83 bits per heavy atom. The fourth-order valence-electron chi connectivity index (χ4n) is 3.31. The molecular weight excluding hydrogens is 426 g/mol. The lowest BCUT2D eigenvalue weighted by Gasteiger charge is -2.12. The first-order valence-corrected chi connectivity index (χ1v) is 9.58. The Morgan fingerprint density at radius 1 is 1.13 bits per heavy atom. The van der Waals surface area contributed by atoms with Gasteiger partial charge in [-0.25, -0.2) is 0 Å². The van der Waals surface area contributed by atoms with Gasteiger partial charge in [-0.1, -0.05) is 23.7 Å². The maximum Gasteiger partial charge on any atom is 0.262 e. The second kappa shape index (κ2) is 7.81. The number of aromatic hydroxyl groups is 1. The van der Waals surface area contributed by atoms with Crippen molar-refractivity contribution >= 4 is 35.5 Å². The van der Waals surface area contributed by atoms with Crippen LogP contribution in [0.5, 0.6) is 17.4 Å². The van der Waals surface area contributed by atoms with Crippen molar-refractivity contribution in [3.63, 3.8) is 0 Å². The zero-order valence-corrected chi connectivity index (χ0v) is 17.5. The maximum atomic E-state index is 12.4. The smallest absolute Gasteiger partial charge is 0.262 e. The number of aromatic nitrogens is 2. The van der Waals surface area contributed by atoms with Gasteiger partial charge in [-0.2, -0.15) is 0 Å². The molecule has 3 N–H and O–H groups in total. The fraction of sp³-hybridized carbons (Fsp3) is 0.0952. The molecule has 0 fully saturated rings. The summed E-state index contributed by atoms with van der Waals surface area (Å²) in [7, 11) is 3.06. The Labute approximate surface area is 180 Å². The Kier molecular flexibility index (Phi) is 5.19. The van der Waals surface area contributed by atoms with E-state index in [2.05, 4.69) is 15.0 Å². The van der Waals surface area contributed by atoms with Crippen LogP contribution in [0.2, 0.25) is 5.02 Å². The molecule has 9 heteroatoms. The van der Waals surface area contributed by atoms with E-state index < -0.39 is 5.56 Å². The van der Waals surface area contributed by atoms with Gasteiger partial charge >= 0.3 is 0 Å². The largest absolute Gasteiger partial charge is 0.496 e. The van der Waals surface area contributed by atoms with Crippen molar-refractivity contribution in [1.29, 1.82) is 0 Å². The van der Waals surface area contributed by atoms with Gasteiger partial charge in [0.05, 0.1) is 25.1 Å². The van der Waals surface area contributed by atoms with Crippen LogP contribution in [0.4, 0.5) is 0 Å². The van der Waals surface area contributed by atoms with Crippen LogP contribution in [-0.4, -0.2) is 29.3 Å². The van der Waals surface area contributed by atoms with Gasteiger partial charge < -0.3 is 19.6 Å².